The van der Waals surface area contributed by atoms with E-state index in [-0.39, 0.29) is 6.04 Å². The Bertz CT molecular complexity index is 454. The molecule has 2 aromatic rings. The third kappa shape index (κ3) is 2.51. The molecule has 1 aromatic heterocycles. The normalized spacial score (nSPS) is 12.1. The van der Waals surface area contributed by atoms with E-state index in [9.17, 15) is 0 Å². The minimum Gasteiger partial charge on any atom is -0.399 e. The molecule has 0 spiro atoms. The summed E-state index contributed by atoms with van der Waals surface area (Å²) in [6.45, 7) is 2.11. The Kier molecular flexibility index (Phi) is 3.05. The van der Waals surface area contributed by atoms with Crippen LogP contribution in [0.15, 0.2) is 48.8 Å². The van der Waals surface area contributed by atoms with E-state index in [1.165, 1.54) is 5.56 Å². The minimum atomic E-state index is 0.228. The topological polar surface area (TPSA) is 50.9 Å². The van der Waals surface area contributed by atoms with Crippen LogP contribution < -0.4 is 11.1 Å². The molecule has 1 heterocycles. The number of nitrogens with one attached hydrogen (secondary N) is 1. The van der Waals surface area contributed by atoms with Crippen molar-refractivity contribution in [1.29, 1.82) is 0 Å². The number of benzene rings is 1. The molecule has 3 nitrogen and oxygen atoms in total. The molecule has 0 saturated carbocycles. The Morgan fingerprint density at radius 1 is 1.19 bits per heavy atom. The van der Waals surface area contributed by atoms with Gasteiger partial charge in [0.25, 0.3) is 0 Å². The molecule has 0 aliphatic rings. The van der Waals surface area contributed by atoms with Gasteiger partial charge < -0.3 is 11.1 Å². The number of aromatic nitrogens is 1. The number of nitrogen functional groups attached to an aromatic ring is 1. The van der Waals surface area contributed by atoms with Crippen LogP contribution in [-0.2, 0) is 0 Å². The molecule has 16 heavy (non-hydrogen) atoms. The van der Waals surface area contributed by atoms with Gasteiger partial charge >= 0.3 is 0 Å². The SMILES string of the molecule is CC(Nc1ccncc1)c1cccc(N)c1. The van der Waals surface area contributed by atoms with Gasteiger partial charge in [-0.05, 0) is 36.8 Å². The summed E-state index contributed by atoms with van der Waals surface area (Å²) in [6, 6.07) is 12.0. The molecule has 1 unspecified atom stereocenters. The molecule has 3 heteroatoms. The van der Waals surface area contributed by atoms with Crippen LogP contribution >= 0.6 is 0 Å². The van der Waals surface area contributed by atoms with Crippen LogP contribution in [0.5, 0.6) is 0 Å². The fraction of sp³-hybridized carbons (Fsp3) is 0.154. The first-order valence-electron chi connectivity index (χ1n) is 5.28. The molecule has 0 amide bonds. The van der Waals surface area contributed by atoms with Gasteiger partial charge in [-0.1, -0.05) is 12.1 Å². The molecule has 0 bridgehead atoms. The standard InChI is InChI=1S/C13H15N3/c1-10(11-3-2-4-12(14)9-11)16-13-5-7-15-8-6-13/h2-10H,14H2,1H3,(H,15,16). The van der Waals surface area contributed by atoms with E-state index in [0.717, 1.165) is 11.4 Å². The van der Waals surface area contributed by atoms with Gasteiger partial charge in [0.15, 0.2) is 0 Å². The highest BCUT2D eigenvalue weighted by Crippen LogP contribution is 2.19. The maximum Gasteiger partial charge on any atom is 0.0486 e. The number of nitrogens with two attached hydrogens (primary N) is 1. The zero-order valence-corrected chi connectivity index (χ0v) is 9.22. The van der Waals surface area contributed by atoms with E-state index < -0.39 is 0 Å². The minimum absolute atomic E-state index is 0.228. The summed E-state index contributed by atoms with van der Waals surface area (Å²) >= 11 is 0. The third-order valence-corrected chi connectivity index (χ3v) is 2.47. The molecular weight excluding hydrogens is 198 g/mol. The predicted molar refractivity (Wildman–Crippen MR) is 67.1 cm³/mol. The lowest BCUT2D eigenvalue weighted by molar-refractivity contribution is 0.884. The Hall–Kier alpha value is -2.03. The Morgan fingerprint density at radius 2 is 1.94 bits per heavy atom. The first kappa shape index (κ1) is 10.5. The second-order valence-corrected chi connectivity index (χ2v) is 3.77. The first-order valence-corrected chi connectivity index (χ1v) is 5.28. The number of hydrogen-bond acceptors (Lipinski definition) is 3. The van der Waals surface area contributed by atoms with E-state index >= 15 is 0 Å². The van der Waals surface area contributed by atoms with E-state index in [2.05, 4.69) is 23.3 Å². The second kappa shape index (κ2) is 4.66. The summed E-state index contributed by atoms with van der Waals surface area (Å²) in [5.74, 6) is 0. The highest BCUT2D eigenvalue weighted by Gasteiger charge is 2.04. The summed E-state index contributed by atoms with van der Waals surface area (Å²) < 4.78 is 0. The van der Waals surface area contributed by atoms with Gasteiger partial charge in [0, 0.05) is 29.8 Å². The summed E-state index contributed by atoms with van der Waals surface area (Å²) in [7, 11) is 0. The highest BCUT2D eigenvalue weighted by molar-refractivity contribution is 5.47. The van der Waals surface area contributed by atoms with E-state index in [1.54, 1.807) is 12.4 Å². The Morgan fingerprint density at radius 3 is 2.62 bits per heavy atom. The number of nitrogens with zero attached hydrogens (tertiary/aromatic N) is 1. The Balaban J connectivity index is 2.12. The lowest BCUT2D eigenvalue weighted by atomic mass is 10.1. The van der Waals surface area contributed by atoms with E-state index in [1.807, 2.05) is 30.3 Å². The number of hydrogen-bond donors (Lipinski definition) is 2. The molecule has 0 aliphatic heterocycles. The largest absolute Gasteiger partial charge is 0.399 e. The van der Waals surface area contributed by atoms with Crippen LogP contribution in [0.3, 0.4) is 0 Å². The molecule has 0 radical (unpaired) electrons. The van der Waals surface area contributed by atoms with E-state index in [4.69, 9.17) is 5.73 Å². The third-order valence-electron chi connectivity index (χ3n) is 2.47. The molecule has 1 aromatic carbocycles. The quantitative estimate of drug-likeness (QED) is 0.771. The fourth-order valence-corrected chi connectivity index (χ4v) is 1.61. The van der Waals surface area contributed by atoms with E-state index in [0.29, 0.717) is 0 Å². The monoisotopic (exact) mass is 213 g/mol. The van der Waals surface area contributed by atoms with Crippen molar-refractivity contribution in [2.75, 3.05) is 11.1 Å². The maximum absolute atomic E-state index is 5.75. The Labute approximate surface area is 95.3 Å². The molecular formula is C13H15N3. The van der Waals surface area contributed by atoms with Gasteiger partial charge in [0.1, 0.15) is 0 Å². The van der Waals surface area contributed by atoms with Gasteiger partial charge in [-0.3, -0.25) is 4.98 Å². The van der Waals surface area contributed by atoms with Crippen LogP contribution in [0.2, 0.25) is 0 Å². The van der Waals surface area contributed by atoms with Crippen LogP contribution in [0, 0.1) is 0 Å². The summed E-state index contributed by atoms with van der Waals surface area (Å²) in [6.07, 6.45) is 3.54. The van der Waals surface area contributed by atoms with Crippen LogP contribution in [0.25, 0.3) is 0 Å². The van der Waals surface area contributed by atoms with Gasteiger partial charge in [-0.2, -0.15) is 0 Å². The summed E-state index contributed by atoms with van der Waals surface area (Å²) in [4.78, 5) is 3.98. The number of pyridine rings is 1. The van der Waals surface area contributed by atoms with Crippen molar-refractivity contribution in [1.82, 2.24) is 4.98 Å². The van der Waals surface area contributed by atoms with Crippen molar-refractivity contribution in [2.24, 2.45) is 0 Å². The average molecular weight is 213 g/mol. The van der Waals surface area contributed by atoms with Crippen LogP contribution in [0.4, 0.5) is 11.4 Å². The molecule has 0 aliphatic carbocycles. The van der Waals surface area contributed by atoms with Crippen molar-refractivity contribution in [3.8, 4) is 0 Å². The molecule has 82 valence electrons. The molecule has 1 atom stereocenters. The van der Waals surface area contributed by atoms with Gasteiger partial charge in [-0.15, -0.1) is 0 Å². The first-order chi connectivity index (χ1) is 7.75. The van der Waals surface area contributed by atoms with Crippen molar-refractivity contribution < 1.29 is 0 Å². The fourth-order valence-electron chi connectivity index (χ4n) is 1.61. The van der Waals surface area contributed by atoms with Gasteiger partial charge in [0.05, 0.1) is 0 Å². The van der Waals surface area contributed by atoms with Crippen molar-refractivity contribution >= 4 is 11.4 Å². The van der Waals surface area contributed by atoms with Gasteiger partial charge in [-0.25, -0.2) is 0 Å². The maximum atomic E-state index is 5.75. The lowest BCUT2D eigenvalue weighted by Gasteiger charge is -2.15. The molecule has 2 rings (SSSR count). The molecule has 3 N–H and O–H groups in total. The molecule has 0 fully saturated rings. The van der Waals surface area contributed by atoms with Crippen molar-refractivity contribution in [3.05, 3.63) is 54.4 Å². The zero-order valence-electron chi connectivity index (χ0n) is 9.22. The van der Waals surface area contributed by atoms with Crippen molar-refractivity contribution in [2.45, 2.75) is 13.0 Å². The number of rotatable bonds is 3. The second-order valence-electron chi connectivity index (χ2n) is 3.77. The lowest BCUT2D eigenvalue weighted by Crippen LogP contribution is -2.06. The van der Waals surface area contributed by atoms with Crippen LogP contribution in [0.1, 0.15) is 18.5 Å². The number of anilines is 2. The van der Waals surface area contributed by atoms with Gasteiger partial charge in [0.2, 0.25) is 0 Å². The summed E-state index contributed by atoms with van der Waals surface area (Å²) in [5.41, 5.74) is 8.78. The smallest absolute Gasteiger partial charge is 0.0486 e. The molecule has 0 saturated heterocycles. The summed E-state index contributed by atoms with van der Waals surface area (Å²) in [5, 5.41) is 3.39. The average Bonchev–Trinajstić information content (AvgIpc) is 2.30. The predicted octanol–water partition coefficient (Wildman–Crippen LogP) is 2.84. The van der Waals surface area contributed by atoms with Crippen LogP contribution in [-0.4, -0.2) is 4.98 Å². The van der Waals surface area contributed by atoms with Crippen molar-refractivity contribution in [3.63, 3.8) is 0 Å². The highest BCUT2D eigenvalue weighted by atomic mass is 14.9. The zero-order chi connectivity index (χ0) is 11.4.